The lowest BCUT2D eigenvalue weighted by Gasteiger charge is -2.12. The van der Waals surface area contributed by atoms with E-state index in [0.29, 0.717) is 29.1 Å². The minimum absolute atomic E-state index is 0.0545. The predicted octanol–water partition coefficient (Wildman–Crippen LogP) is 6.44. The highest BCUT2D eigenvalue weighted by atomic mass is 32.2. The number of methoxy groups -OCH3 is 1. The van der Waals surface area contributed by atoms with E-state index < -0.39 is 16.0 Å². The lowest BCUT2D eigenvalue weighted by atomic mass is 10.0. The van der Waals surface area contributed by atoms with Crippen molar-refractivity contribution in [2.45, 2.75) is 11.3 Å². The highest BCUT2D eigenvalue weighted by Crippen LogP contribution is 2.26. The first-order valence-corrected chi connectivity index (χ1v) is 15.6. The van der Waals surface area contributed by atoms with Gasteiger partial charge >= 0.3 is 5.97 Å². The van der Waals surface area contributed by atoms with Crippen molar-refractivity contribution in [2.75, 3.05) is 23.8 Å². The summed E-state index contributed by atoms with van der Waals surface area (Å²) in [7, 11) is -2.76. The number of phenolic OH excluding ortho intramolecular Hbond substituents is 1. The van der Waals surface area contributed by atoms with Crippen LogP contribution in [-0.4, -0.2) is 44.2 Å². The van der Waals surface area contributed by atoms with Gasteiger partial charge in [-0.1, -0.05) is 42.5 Å². The summed E-state index contributed by atoms with van der Waals surface area (Å²) in [5.41, 5.74) is 3.74. The molecular weight excluding hydrogens is 608 g/mol. The van der Waals surface area contributed by atoms with Crippen LogP contribution in [-0.2, 0) is 16.4 Å². The van der Waals surface area contributed by atoms with Gasteiger partial charge in [0, 0.05) is 29.4 Å². The highest BCUT2D eigenvalue weighted by molar-refractivity contribution is 7.92. The third-order valence-electron chi connectivity index (χ3n) is 6.99. The average Bonchev–Trinajstić information content (AvgIpc) is 3.05. The summed E-state index contributed by atoms with van der Waals surface area (Å²) in [5, 5.41) is 21.8. The van der Waals surface area contributed by atoms with E-state index in [0.717, 1.165) is 22.8 Å². The smallest absolute Gasteiger partial charge is 0.339 e. The zero-order valence-corrected chi connectivity index (χ0v) is 25.5. The van der Waals surface area contributed by atoms with Gasteiger partial charge in [-0.2, -0.15) is 0 Å². The number of carbonyl (C=O) groups is 2. The zero-order chi connectivity index (χ0) is 32.7. The first-order valence-electron chi connectivity index (χ1n) is 14.1. The van der Waals surface area contributed by atoms with Crippen LogP contribution in [0.1, 0.15) is 26.3 Å². The molecule has 0 radical (unpaired) electrons. The third kappa shape index (κ3) is 7.82. The second-order valence-corrected chi connectivity index (χ2v) is 11.9. The van der Waals surface area contributed by atoms with Crippen molar-refractivity contribution in [3.63, 3.8) is 0 Å². The van der Waals surface area contributed by atoms with Crippen LogP contribution in [0.2, 0.25) is 0 Å². The van der Waals surface area contributed by atoms with Crippen LogP contribution in [0.3, 0.4) is 0 Å². The quantitative estimate of drug-likeness (QED) is 0.122. The fraction of sp³-hybridized carbons (Fsp3) is 0.0857. The SMILES string of the molecule is COc1ccc(S(=O)(=O)Nc2cccc(CCOc3cccc(NC(=O)c4ccc(-c5ccc(O)cc5)cc4)c3)c2)cc1C(=O)O. The van der Waals surface area contributed by atoms with Crippen LogP contribution in [0.5, 0.6) is 17.2 Å². The minimum Gasteiger partial charge on any atom is -0.508 e. The van der Waals surface area contributed by atoms with Gasteiger partial charge in [0.15, 0.2) is 0 Å². The van der Waals surface area contributed by atoms with Crippen LogP contribution in [0.25, 0.3) is 11.1 Å². The van der Waals surface area contributed by atoms with Crippen LogP contribution < -0.4 is 19.5 Å². The molecule has 234 valence electrons. The van der Waals surface area contributed by atoms with Crippen molar-refractivity contribution < 1.29 is 37.7 Å². The molecule has 0 aliphatic rings. The number of hydrogen-bond donors (Lipinski definition) is 4. The van der Waals surface area contributed by atoms with Gasteiger partial charge < -0.3 is 25.0 Å². The van der Waals surface area contributed by atoms with Crippen molar-refractivity contribution in [1.29, 1.82) is 0 Å². The molecule has 1 amide bonds. The minimum atomic E-state index is -4.07. The molecule has 0 atom stereocenters. The number of anilines is 2. The molecule has 0 unspecified atom stereocenters. The summed E-state index contributed by atoms with van der Waals surface area (Å²) in [6.45, 7) is 0.285. The van der Waals surface area contributed by atoms with Gasteiger partial charge in [-0.15, -0.1) is 0 Å². The fourth-order valence-electron chi connectivity index (χ4n) is 4.65. The first kappa shape index (κ1) is 31.6. The summed E-state index contributed by atoms with van der Waals surface area (Å²) >= 11 is 0. The fourth-order valence-corrected chi connectivity index (χ4v) is 5.72. The van der Waals surface area contributed by atoms with Crippen LogP contribution in [0.15, 0.2) is 120 Å². The molecule has 5 aromatic rings. The van der Waals surface area contributed by atoms with Crippen molar-refractivity contribution in [3.05, 3.63) is 132 Å². The number of rotatable bonds is 12. The van der Waals surface area contributed by atoms with E-state index in [-0.39, 0.29) is 34.5 Å². The Balaban J connectivity index is 1.17. The Morgan fingerprint density at radius 2 is 1.46 bits per heavy atom. The molecule has 0 aliphatic carbocycles. The monoisotopic (exact) mass is 638 g/mol. The molecule has 46 heavy (non-hydrogen) atoms. The first-order chi connectivity index (χ1) is 22.1. The Morgan fingerprint density at radius 3 is 2.15 bits per heavy atom. The Bertz CT molecular complexity index is 1980. The molecule has 5 aromatic carbocycles. The van der Waals surface area contributed by atoms with Gasteiger partial charge in [0.2, 0.25) is 0 Å². The van der Waals surface area contributed by atoms with E-state index in [4.69, 9.17) is 9.47 Å². The number of ether oxygens (including phenoxy) is 2. The lowest BCUT2D eigenvalue weighted by molar-refractivity contribution is 0.0692. The van der Waals surface area contributed by atoms with E-state index in [9.17, 15) is 28.2 Å². The largest absolute Gasteiger partial charge is 0.508 e. The summed E-state index contributed by atoms with van der Waals surface area (Å²) in [4.78, 5) is 24.2. The van der Waals surface area contributed by atoms with Crippen molar-refractivity contribution >= 4 is 33.3 Å². The molecular formula is C35H30N2O8S. The Kier molecular flexibility index (Phi) is 9.53. The number of aromatic carboxylic acids is 1. The molecule has 0 heterocycles. The zero-order valence-electron chi connectivity index (χ0n) is 24.6. The van der Waals surface area contributed by atoms with Gasteiger partial charge in [0.25, 0.3) is 15.9 Å². The summed E-state index contributed by atoms with van der Waals surface area (Å²) in [6.07, 6.45) is 0.464. The van der Waals surface area contributed by atoms with E-state index in [1.165, 1.54) is 19.2 Å². The summed E-state index contributed by atoms with van der Waals surface area (Å²) in [6, 6.07) is 31.4. The molecule has 11 heteroatoms. The maximum atomic E-state index is 13.0. The van der Waals surface area contributed by atoms with Gasteiger partial charge in [-0.3, -0.25) is 9.52 Å². The molecule has 10 nitrogen and oxygen atoms in total. The number of hydrogen-bond acceptors (Lipinski definition) is 7. The lowest BCUT2D eigenvalue weighted by Crippen LogP contribution is -2.14. The Labute approximate surface area is 265 Å². The van der Waals surface area contributed by atoms with Crippen molar-refractivity contribution in [2.24, 2.45) is 0 Å². The Morgan fingerprint density at radius 1 is 0.783 bits per heavy atom. The molecule has 0 spiro atoms. The van der Waals surface area contributed by atoms with Gasteiger partial charge in [-0.05, 0) is 83.4 Å². The summed E-state index contributed by atoms with van der Waals surface area (Å²) < 4.78 is 39.3. The number of phenols is 1. The number of carboxylic acid groups (broad SMARTS) is 1. The number of carboxylic acids is 1. The van der Waals surface area contributed by atoms with Crippen LogP contribution in [0.4, 0.5) is 11.4 Å². The highest BCUT2D eigenvalue weighted by Gasteiger charge is 2.20. The van der Waals surface area contributed by atoms with Gasteiger partial charge in [-0.25, -0.2) is 13.2 Å². The average molecular weight is 639 g/mol. The molecule has 4 N–H and O–H groups in total. The number of nitrogens with one attached hydrogen (secondary N) is 2. The number of carbonyl (C=O) groups excluding carboxylic acids is 1. The number of benzene rings is 5. The maximum Gasteiger partial charge on any atom is 0.339 e. The van der Waals surface area contributed by atoms with Gasteiger partial charge in [0.1, 0.15) is 22.8 Å². The van der Waals surface area contributed by atoms with E-state index in [1.54, 1.807) is 78.9 Å². The molecule has 0 saturated carbocycles. The standard InChI is InChI=1S/C35H30N2O8S/c1-44-33-17-16-31(22-32(33)35(40)41)46(42,43)37-28-6-2-4-23(20-28)18-19-45-30-7-3-5-27(21-30)36-34(39)26-10-8-24(9-11-26)25-12-14-29(38)15-13-25/h2-17,20-22,37-38H,18-19H2,1H3,(H,36,39)(H,40,41). The molecule has 0 bridgehead atoms. The van der Waals surface area contributed by atoms with E-state index in [1.807, 2.05) is 18.2 Å². The molecule has 0 saturated heterocycles. The normalized spacial score (nSPS) is 11.0. The topological polar surface area (TPSA) is 151 Å². The van der Waals surface area contributed by atoms with Gasteiger partial charge in [0.05, 0.1) is 18.6 Å². The number of amides is 1. The maximum absolute atomic E-state index is 13.0. The van der Waals surface area contributed by atoms with Crippen LogP contribution >= 0.6 is 0 Å². The Hall–Kier alpha value is -5.81. The molecule has 0 aromatic heterocycles. The molecule has 5 rings (SSSR count). The molecule has 0 fully saturated rings. The second kappa shape index (κ2) is 13.9. The predicted molar refractivity (Wildman–Crippen MR) is 174 cm³/mol. The number of sulfonamides is 1. The second-order valence-electron chi connectivity index (χ2n) is 10.2. The van der Waals surface area contributed by atoms with Crippen molar-refractivity contribution in [1.82, 2.24) is 0 Å². The third-order valence-corrected chi connectivity index (χ3v) is 8.37. The van der Waals surface area contributed by atoms with Crippen molar-refractivity contribution in [3.8, 4) is 28.4 Å². The molecule has 0 aliphatic heterocycles. The van der Waals surface area contributed by atoms with Crippen LogP contribution in [0, 0.1) is 0 Å². The van der Waals surface area contributed by atoms with E-state index in [2.05, 4.69) is 10.0 Å². The van der Waals surface area contributed by atoms with E-state index >= 15 is 0 Å². The number of aromatic hydroxyl groups is 1. The summed E-state index contributed by atoms with van der Waals surface area (Å²) in [5.74, 6) is -0.791.